The van der Waals surface area contributed by atoms with Crippen LogP contribution in [0.25, 0.3) is 0 Å². The van der Waals surface area contributed by atoms with Crippen LogP contribution in [0.15, 0.2) is 30.3 Å². The number of rotatable bonds is 5. The van der Waals surface area contributed by atoms with E-state index in [-0.39, 0.29) is 29.8 Å². The minimum atomic E-state index is -0.135. The molecule has 1 spiro atoms. The van der Waals surface area contributed by atoms with Gasteiger partial charge in [-0.3, -0.25) is 4.79 Å². The third-order valence-corrected chi connectivity index (χ3v) is 5.45. The predicted octanol–water partition coefficient (Wildman–Crippen LogP) is 3.33. The lowest BCUT2D eigenvalue weighted by Gasteiger charge is -2.28. The van der Waals surface area contributed by atoms with Crippen LogP contribution in [0.3, 0.4) is 0 Å². The van der Waals surface area contributed by atoms with Crippen LogP contribution in [-0.2, 0) is 11.2 Å². The Morgan fingerprint density at radius 1 is 1.26 bits per heavy atom. The van der Waals surface area contributed by atoms with E-state index >= 15 is 0 Å². The van der Waals surface area contributed by atoms with Crippen molar-refractivity contribution in [2.24, 2.45) is 11.3 Å². The number of carbonyl (C=O) groups excluding carboxylic acids is 1. The van der Waals surface area contributed by atoms with Crippen molar-refractivity contribution >= 4 is 18.3 Å². The largest absolute Gasteiger partial charge is 0.351 e. The van der Waals surface area contributed by atoms with Crippen LogP contribution >= 0.6 is 12.4 Å². The van der Waals surface area contributed by atoms with Gasteiger partial charge >= 0.3 is 0 Å². The summed E-state index contributed by atoms with van der Waals surface area (Å²) in [4.78, 5) is 12.6. The Morgan fingerprint density at radius 2 is 1.91 bits per heavy atom. The Kier molecular flexibility index (Phi) is 5.74. The van der Waals surface area contributed by atoms with Crippen molar-refractivity contribution in [2.75, 3.05) is 13.1 Å². The van der Waals surface area contributed by atoms with E-state index in [2.05, 4.69) is 48.7 Å². The topological polar surface area (TPSA) is 41.1 Å². The molecule has 1 saturated carbocycles. The molecule has 1 aliphatic heterocycles. The van der Waals surface area contributed by atoms with Crippen molar-refractivity contribution in [3.63, 3.8) is 0 Å². The molecule has 1 unspecified atom stereocenters. The molecule has 128 valence electrons. The fraction of sp³-hybridized carbons (Fsp3) is 0.632. The molecule has 1 atom stereocenters. The molecule has 23 heavy (non-hydrogen) atoms. The first-order chi connectivity index (χ1) is 10.5. The van der Waals surface area contributed by atoms with Crippen LogP contribution in [-0.4, -0.2) is 24.5 Å². The summed E-state index contributed by atoms with van der Waals surface area (Å²) in [6, 6.07) is 10.5. The molecule has 1 heterocycles. The molecule has 1 amide bonds. The van der Waals surface area contributed by atoms with Gasteiger partial charge in [0.25, 0.3) is 0 Å². The molecule has 2 N–H and O–H groups in total. The third-order valence-electron chi connectivity index (χ3n) is 5.45. The van der Waals surface area contributed by atoms with E-state index in [0.717, 1.165) is 45.2 Å². The van der Waals surface area contributed by atoms with E-state index in [9.17, 15) is 4.79 Å². The maximum atomic E-state index is 12.6. The molecule has 4 heteroatoms. The summed E-state index contributed by atoms with van der Waals surface area (Å²) in [6.45, 7) is 6.43. The number of hydrogen-bond donors (Lipinski definition) is 2. The molecule has 2 fully saturated rings. The zero-order valence-corrected chi connectivity index (χ0v) is 15.0. The van der Waals surface area contributed by atoms with Gasteiger partial charge in [-0.15, -0.1) is 12.4 Å². The van der Waals surface area contributed by atoms with E-state index in [0.29, 0.717) is 5.41 Å². The number of piperidine rings is 1. The summed E-state index contributed by atoms with van der Waals surface area (Å²) in [5, 5.41) is 6.70. The van der Waals surface area contributed by atoms with Gasteiger partial charge in [0.15, 0.2) is 0 Å². The highest BCUT2D eigenvalue weighted by atomic mass is 35.5. The van der Waals surface area contributed by atoms with Gasteiger partial charge in [0.2, 0.25) is 5.91 Å². The van der Waals surface area contributed by atoms with Crippen molar-refractivity contribution in [1.82, 2.24) is 10.6 Å². The molecule has 1 aromatic rings. The Hall–Kier alpha value is -1.06. The van der Waals surface area contributed by atoms with Gasteiger partial charge in [0.05, 0.1) is 0 Å². The van der Waals surface area contributed by atoms with Gasteiger partial charge in [-0.2, -0.15) is 0 Å². The van der Waals surface area contributed by atoms with Crippen LogP contribution in [0.5, 0.6) is 0 Å². The molecule has 0 bridgehead atoms. The predicted molar refractivity (Wildman–Crippen MR) is 96.9 cm³/mol. The summed E-state index contributed by atoms with van der Waals surface area (Å²) >= 11 is 0. The van der Waals surface area contributed by atoms with Crippen LogP contribution in [0.2, 0.25) is 0 Å². The lowest BCUT2D eigenvalue weighted by molar-refractivity contribution is -0.125. The highest BCUT2D eigenvalue weighted by Crippen LogP contribution is 2.58. The zero-order valence-electron chi connectivity index (χ0n) is 14.2. The molecule has 0 radical (unpaired) electrons. The maximum Gasteiger partial charge on any atom is 0.224 e. The van der Waals surface area contributed by atoms with E-state index in [4.69, 9.17) is 0 Å². The Morgan fingerprint density at radius 3 is 2.57 bits per heavy atom. The van der Waals surface area contributed by atoms with Crippen LogP contribution in [0, 0.1) is 11.3 Å². The second kappa shape index (κ2) is 7.23. The van der Waals surface area contributed by atoms with Gasteiger partial charge < -0.3 is 10.6 Å². The first-order valence-corrected chi connectivity index (χ1v) is 8.58. The molecular formula is C19H29ClN2O. The number of aryl methyl sites for hydroxylation is 1. The number of carbonyl (C=O) groups is 1. The Balaban J connectivity index is 0.00000192. The van der Waals surface area contributed by atoms with Gasteiger partial charge in [-0.1, -0.05) is 30.3 Å². The van der Waals surface area contributed by atoms with Crippen molar-refractivity contribution in [3.8, 4) is 0 Å². The summed E-state index contributed by atoms with van der Waals surface area (Å²) in [6.07, 6.45) is 5.40. The van der Waals surface area contributed by atoms with E-state index in [1.165, 1.54) is 5.56 Å². The lowest BCUT2D eigenvalue weighted by Crippen LogP contribution is -2.45. The minimum Gasteiger partial charge on any atom is -0.351 e. The fourth-order valence-electron chi connectivity index (χ4n) is 3.78. The van der Waals surface area contributed by atoms with Crippen molar-refractivity contribution in [1.29, 1.82) is 0 Å². The first kappa shape index (κ1) is 18.3. The zero-order chi connectivity index (χ0) is 15.6. The van der Waals surface area contributed by atoms with Crippen LogP contribution in [0.1, 0.15) is 45.1 Å². The van der Waals surface area contributed by atoms with E-state index < -0.39 is 0 Å². The summed E-state index contributed by atoms with van der Waals surface area (Å²) in [5.74, 6) is 0.533. The molecule has 1 aliphatic carbocycles. The second-order valence-electron chi connectivity index (χ2n) is 7.73. The minimum absolute atomic E-state index is 0. The molecule has 2 aliphatic rings. The molecule has 3 nitrogen and oxygen atoms in total. The molecule has 0 aromatic heterocycles. The summed E-state index contributed by atoms with van der Waals surface area (Å²) in [7, 11) is 0. The quantitative estimate of drug-likeness (QED) is 0.866. The number of benzene rings is 1. The van der Waals surface area contributed by atoms with Crippen LogP contribution < -0.4 is 10.6 Å². The number of nitrogens with one attached hydrogen (secondary N) is 2. The van der Waals surface area contributed by atoms with Crippen molar-refractivity contribution in [3.05, 3.63) is 35.9 Å². The lowest BCUT2D eigenvalue weighted by atomic mass is 9.90. The molecule has 1 saturated heterocycles. The van der Waals surface area contributed by atoms with Gasteiger partial charge in [0, 0.05) is 11.5 Å². The Bertz CT molecular complexity index is 523. The normalized spacial score (nSPS) is 22.3. The highest BCUT2D eigenvalue weighted by molar-refractivity contribution is 5.85. The fourth-order valence-corrected chi connectivity index (χ4v) is 3.78. The van der Waals surface area contributed by atoms with Crippen molar-refractivity contribution in [2.45, 2.75) is 51.5 Å². The number of amides is 1. The van der Waals surface area contributed by atoms with Gasteiger partial charge in [-0.25, -0.2) is 0 Å². The maximum absolute atomic E-state index is 12.6. The van der Waals surface area contributed by atoms with E-state index in [1.807, 2.05) is 6.07 Å². The van der Waals surface area contributed by atoms with Crippen molar-refractivity contribution < 1.29 is 4.79 Å². The molecule has 1 aromatic carbocycles. The monoisotopic (exact) mass is 336 g/mol. The number of halogens is 1. The average molecular weight is 337 g/mol. The van der Waals surface area contributed by atoms with Gasteiger partial charge in [0.1, 0.15) is 0 Å². The SMILES string of the molecule is CC(C)(CCc1ccccc1)NC(=O)C1CC12CCNCC2.Cl. The van der Waals surface area contributed by atoms with Gasteiger partial charge in [-0.05, 0) is 70.0 Å². The first-order valence-electron chi connectivity index (χ1n) is 8.58. The standard InChI is InChI=1S/C19H28N2O.ClH/c1-18(2,9-8-15-6-4-3-5-7-15)21-17(22)16-14-19(16)10-12-20-13-11-19;/h3-7,16,20H,8-14H2,1-2H3,(H,21,22);1H. The highest BCUT2D eigenvalue weighted by Gasteiger charge is 2.57. The third kappa shape index (κ3) is 4.48. The molecule has 3 rings (SSSR count). The second-order valence-corrected chi connectivity index (χ2v) is 7.73. The summed E-state index contributed by atoms with van der Waals surface area (Å²) in [5.41, 5.74) is 1.53. The average Bonchev–Trinajstić information content (AvgIpc) is 3.20. The van der Waals surface area contributed by atoms with Crippen LogP contribution in [0.4, 0.5) is 0 Å². The smallest absolute Gasteiger partial charge is 0.224 e. The number of hydrogen-bond acceptors (Lipinski definition) is 2. The molecular weight excluding hydrogens is 308 g/mol. The Labute approximate surface area is 146 Å². The summed E-state index contributed by atoms with van der Waals surface area (Å²) < 4.78 is 0. The van der Waals surface area contributed by atoms with E-state index in [1.54, 1.807) is 0 Å².